The molecule has 0 unspecified atom stereocenters. The first-order valence-electron chi connectivity index (χ1n) is 9.68. The van der Waals surface area contributed by atoms with Crippen molar-refractivity contribution < 1.29 is 9.18 Å². The molecular weight excluding hydrogens is 347 g/mol. The smallest absolute Gasteiger partial charge is 0.278 e. The van der Waals surface area contributed by atoms with Crippen LogP contribution in [0.3, 0.4) is 0 Å². The Morgan fingerprint density at radius 1 is 1.07 bits per heavy atom. The highest BCUT2D eigenvalue weighted by Gasteiger charge is 2.30. The molecule has 0 spiro atoms. The topological polar surface area (TPSA) is 77.1 Å². The zero-order valence-corrected chi connectivity index (χ0v) is 15.3. The fourth-order valence-electron chi connectivity index (χ4n) is 4.02. The highest BCUT2D eigenvalue weighted by molar-refractivity contribution is 5.97. The molecule has 1 aromatic carbocycles. The first-order chi connectivity index (χ1) is 13.2. The molecule has 0 aliphatic carbocycles. The molecule has 2 aliphatic rings. The number of likely N-dealkylation sites (tertiary alicyclic amines) is 2. The molecule has 4 rings (SSSR count). The van der Waals surface area contributed by atoms with Crippen molar-refractivity contribution in [1.29, 1.82) is 0 Å². The zero-order valence-electron chi connectivity index (χ0n) is 15.3. The third-order valence-corrected chi connectivity index (χ3v) is 5.54. The fraction of sp³-hybridized carbons (Fsp3) is 0.526. The highest BCUT2D eigenvalue weighted by atomic mass is 19.1. The number of piperidine rings is 2. The summed E-state index contributed by atoms with van der Waals surface area (Å²) in [5.74, 6) is -0.316. The quantitative estimate of drug-likeness (QED) is 0.863. The number of aromatic amines is 1. The maximum absolute atomic E-state index is 13.9. The number of aromatic nitrogens is 3. The van der Waals surface area contributed by atoms with Gasteiger partial charge in [0.05, 0.1) is 5.69 Å². The standard InChI is InChI=1S/C19H25FN6O/c20-15-6-2-3-7-16(15)21-18-17(22-24-23-18)19(27)26-12-8-14(9-13-26)25-10-4-1-5-11-25/h2-3,6-7,14H,1,4-5,8-13H2,(H2,21,22,23,24). The molecule has 27 heavy (non-hydrogen) atoms. The van der Waals surface area contributed by atoms with E-state index in [2.05, 4.69) is 25.6 Å². The average Bonchev–Trinajstić information content (AvgIpc) is 3.18. The van der Waals surface area contributed by atoms with Crippen LogP contribution in [0.1, 0.15) is 42.6 Å². The van der Waals surface area contributed by atoms with Gasteiger partial charge in [0, 0.05) is 19.1 Å². The minimum atomic E-state index is -0.402. The fourth-order valence-corrected chi connectivity index (χ4v) is 4.02. The zero-order chi connectivity index (χ0) is 18.6. The molecule has 7 nitrogen and oxygen atoms in total. The summed E-state index contributed by atoms with van der Waals surface area (Å²) in [7, 11) is 0. The number of hydrogen-bond acceptors (Lipinski definition) is 5. The molecule has 1 aromatic heterocycles. The van der Waals surface area contributed by atoms with Crippen LogP contribution in [-0.4, -0.2) is 63.3 Å². The molecule has 144 valence electrons. The van der Waals surface area contributed by atoms with Crippen LogP contribution in [0, 0.1) is 5.82 Å². The Labute approximate surface area is 157 Å². The van der Waals surface area contributed by atoms with Gasteiger partial charge < -0.3 is 15.1 Å². The second-order valence-corrected chi connectivity index (χ2v) is 7.25. The van der Waals surface area contributed by atoms with Gasteiger partial charge in [-0.25, -0.2) is 4.39 Å². The largest absolute Gasteiger partial charge is 0.337 e. The lowest BCUT2D eigenvalue weighted by atomic mass is 9.99. The summed E-state index contributed by atoms with van der Waals surface area (Å²) in [5, 5.41) is 13.3. The van der Waals surface area contributed by atoms with E-state index in [1.807, 2.05) is 4.90 Å². The lowest BCUT2D eigenvalue weighted by Gasteiger charge is -2.40. The first kappa shape index (κ1) is 17.9. The molecule has 0 saturated carbocycles. The van der Waals surface area contributed by atoms with Crippen LogP contribution in [-0.2, 0) is 0 Å². The molecule has 0 atom stereocenters. The van der Waals surface area contributed by atoms with E-state index in [0.717, 1.165) is 12.8 Å². The van der Waals surface area contributed by atoms with Gasteiger partial charge in [0.15, 0.2) is 11.5 Å². The van der Waals surface area contributed by atoms with E-state index in [0.29, 0.717) is 19.1 Å². The van der Waals surface area contributed by atoms with E-state index in [9.17, 15) is 9.18 Å². The van der Waals surface area contributed by atoms with E-state index in [1.54, 1.807) is 18.2 Å². The Morgan fingerprint density at radius 3 is 2.56 bits per heavy atom. The Kier molecular flexibility index (Phi) is 5.33. The number of nitrogens with zero attached hydrogens (tertiary/aromatic N) is 4. The Balaban J connectivity index is 1.39. The molecular formula is C19H25FN6O. The van der Waals surface area contributed by atoms with Crippen molar-refractivity contribution in [3.63, 3.8) is 0 Å². The van der Waals surface area contributed by atoms with E-state index in [4.69, 9.17) is 0 Å². The highest BCUT2D eigenvalue weighted by Crippen LogP contribution is 2.24. The first-order valence-corrected chi connectivity index (χ1v) is 9.68. The van der Waals surface area contributed by atoms with Crippen molar-refractivity contribution in [2.45, 2.75) is 38.1 Å². The van der Waals surface area contributed by atoms with Crippen molar-refractivity contribution in [2.75, 3.05) is 31.5 Å². The maximum atomic E-state index is 13.9. The van der Waals surface area contributed by atoms with Crippen LogP contribution < -0.4 is 5.32 Å². The number of anilines is 2. The number of nitrogens with one attached hydrogen (secondary N) is 2. The van der Waals surface area contributed by atoms with Gasteiger partial charge in [0.1, 0.15) is 5.82 Å². The lowest BCUT2D eigenvalue weighted by Crippen LogP contribution is -2.48. The molecule has 0 radical (unpaired) electrons. The average molecular weight is 372 g/mol. The summed E-state index contributed by atoms with van der Waals surface area (Å²) >= 11 is 0. The van der Waals surface area contributed by atoms with Crippen LogP contribution in [0.2, 0.25) is 0 Å². The Hall–Kier alpha value is -2.48. The number of rotatable bonds is 4. The predicted molar refractivity (Wildman–Crippen MR) is 100 cm³/mol. The van der Waals surface area contributed by atoms with Crippen LogP contribution in [0.4, 0.5) is 15.9 Å². The molecule has 2 fully saturated rings. The number of amides is 1. The third-order valence-electron chi connectivity index (χ3n) is 5.54. The SMILES string of the molecule is O=C(c1n[nH]nc1Nc1ccccc1F)N1CCC(N2CCCCC2)CC1. The van der Waals surface area contributed by atoms with Crippen molar-refractivity contribution in [3.05, 3.63) is 35.8 Å². The van der Waals surface area contributed by atoms with E-state index >= 15 is 0 Å². The molecule has 2 saturated heterocycles. The minimum absolute atomic E-state index is 0.167. The normalized spacial score (nSPS) is 19.2. The summed E-state index contributed by atoms with van der Waals surface area (Å²) in [6.07, 6.45) is 5.86. The van der Waals surface area contributed by atoms with Crippen LogP contribution in [0.15, 0.2) is 24.3 Å². The van der Waals surface area contributed by atoms with Gasteiger partial charge in [-0.3, -0.25) is 4.79 Å². The molecule has 0 bridgehead atoms. The number of carbonyl (C=O) groups is 1. The van der Waals surface area contributed by atoms with E-state index in [1.165, 1.54) is 38.4 Å². The number of benzene rings is 1. The van der Waals surface area contributed by atoms with Gasteiger partial charge in [-0.1, -0.05) is 18.6 Å². The predicted octanol–water partition coefficient (Wildman–Crippen LogP) is 2.78. The molecule has 8 heteroatoms. The van der Waals surface area contributed by atoms with Crippen molar-refractivity contribution in [1.82, 2.24) is 25.2 Å². The van der Waals surface area contributed by atoms with E-state index in [-0.39, 0.29) is 23.1 Å². The number of hydrogen-bond donors (Lipinski definition) is 2. The monoisotopic (exact) mass is 372 g/mol. The van der Waals surface area contributed by atoms with Crippen LogP contribution in [0.25, 0.3) is 0 Å². The minimum Gasteiger partial charge on any atom is -0.337 e. The summed E-state index contributed by atoms with van der Waals surface area (Å²) in [6, 6.07) is 6.86. The van der Waals surface area contributed by atoms with Crippen LogP contribution >= 0.6 is 0 Å². The molecule has 3 heterocycles. The lowest BCUT2D eigenvalue weighted by molar-refractivity contribution is 0.0585. The van der Waals surface area contributed by atoms with Crippen molar-refractivity contribution >= 4 is 17.4 Å². The molecule has 1 amide bonds. The number of H-pyrrole nitrogens is 1. The van der Waals surface area contributed by atoms with Gasteiger partial charge >= 0.3 is 0 Å². The van der Waals surface area contributed by atoms with Crippen molar-refractivity contribution in [3.8, 4) is 0 Å². The third kappa shape index (κ3) is 3.95. The van der Waals surface area contributed by atoms with Crippen LogP contribution in [0.5, 0.6) is 0 Å². The summed E-state index contributed by atoms with van der Waals surface area (Å²) in [4.78, 5) is 17.3. The Bertz CT molecular complexity index is 780. The van der Waals surface area contributed by atoms with Crippen molar-refractivity contribution in [2.24, 2.45) is 0 Å². The van der Waals surface area contributed by atoms with Gasteiger partial charge in [0.25, 0.3) is 5.91 Å². The number of halogens is 1. The molecule has 2 N–H and O–H groups in total. The second-order valence-electron chi connectivity index (χ2n) is 7.25. The van der Waals surface area contributed by atoms with E-state index < -0.39 is 5.82 Å². The van der Waals surface area contributed by atoms with Gasteiger partial charge in [-0.15, -0.1) is 10.2 Å². The number of carbonyl (C=O) groups excluding carboxylic acids is 1. The van der Waals surface area contributed by atoms with Gasteiger partial charge in [-0.05, 0) is 50.9 Å². The maximum Gasteiger partial charge on any atom is 0.278 e. The van der Waals surface area contributed by atoms with Gasteiger partial charge in [-0.2, -0.15) is 5.21 Å². The second kappa shape index (κ2) is 8.04. The summed E-state index contributed by atoms with van der Waals surface area (Å²) < 4.78 is 13.9. The Morgan fingerprint density at radius 2 is 1.81 bits per heavy atom. The molecule has 2 aromatic rings. The summed E-state index contributed by atoms with van der Waals surface area (Å²) in [6.45, 7) is 3.79. The number of para-hydroxylation sites is 1. The summed E-state index contributed by atoms with van der Waals surface area (Å²) in [5.41, 5.74) is 0.471. The van der Waals surface area contributed by atoms with Gasteiger partial charge in [0.2, 0.25) is 0 Å². The molecule has 2 aliphatic heterocycles.